The molecule has 0 amide bonds. The van der Waals surface area contributed by atoms with Gasteiger partial charge in [0.1, 0.15) is 12.4 Å². The molecule has 1 heterocycles. The number of H-pyrrole nitrogens is 1. The van der Waals surface area contributed by atoms with Gasteiger partial charge in [0.05, 0.1) is 35.8 Å². The van der Waals surface area contributed by atoms with E-state index in [0.29, 0.717) is 10.6 Å². The van der Waals surface area contributed by atoms with E-state index in [2.05, 4.69) is 10.3 Å². The highest BCUT2D eigenvalue weighted by Gasteiger charge is 2.28. The second-order valence-corrected chi connectivity index (χ2v) is 5.74. The summed E-state index contributed by atoms with van der Waals surface area (Å²) in [4.78, 5) is 14.3. The van der Waals surface area contributed by atoms with Crippen molar-refractivity contribution in [1.29, 1.82) is 0 Å². The van der Waals surface area contributed by atoms with Crippen molar-refractivity contribution in [2.75, 3.05) is 26.0 Å². The molecule has 6 nitrogen and oxygen atoms in total. The molecule has 0 radical (unpaired) electrons. The molecular formula is C15H18ClFN4O2+2. The van der Waals surface area contributed by atoms with Gasteiger partial charge in [0, 0.05) is 6.07 Å². The number of anilines is 1. The van der Waals surface area contributed by atoms with Crippen molar-refractivity contribution in [2.24, 2.45) is 0 Å². The third kappa shape index (κ3) is 3.94. The maximum Gasteiger partial charge on any atom is 0.357 e. The second kappa shape index (κ2) is 7.34. The third-order valence-corrected chi connectivity index (χ3v) is 3.89. The van der Waals surface area contributed by atoms with Crippen LogP contribution in [0.15, 0.2) is 36.5 Å². The average molecular weight is 341 g/mol. The summed E-state index contributed by atoms with van der Waals surface area (Å²) in [5, 5.41) is 14.4. The molecule has 0 spiro atoms. The SMILES string of the molecule is C[NH+](C)[C@@H](CNc1[nH+]cccc1[N+](=O)[O-])c1c(F)cccc1Cl. The van der Waals surface area contributed by atoms with Gasteiger partial charge in [0.2, 0.25) is 0 Å². The van der Waals surface area contributed by atoms with Gasteiger partial charge in [-0.3, -0.25) is 15.4 Å². The van der Waals surface area contributed by atoms with Crippen LogP contribution in [0, 0.1) is 15.9 Å². The van der Waals surface area contributed by atoms with E-state index in [9.17, 15) is 14.5 Å². The molecule has 0 unspecified atom stereocenters. The van der Waals surface area contributed by atoms with Crippen LogP contribution in [-0.4, -0.2) is 25.6 Å². The summed E-state index contributed by atoms with van der Waals surface area (Å²) < 4.78 is 14.2. The van der Waals surface area contributed by atoms with E-state index in [1.165, 1.54) is 12.1 Å². The number of rotatable bonds is 6. The fraction of sp³-hybridized carbons (Fsp3) is 0.267. The Morgan fingerprint density at radius 1 is 1.39 bits per heavy atom. The van der Waals surface area contributed by atoms with Crippen molar-refractivity contribution < 1.29 is 19.2 Å². The lowest BCUT2D eigenvalue weighted by molar-refractivity contribution is -0.890. The lowest BCUT2D eigenvalue weighted by Gasteiger charge is -2.21. The number of nitro groups is 1. The normalized spacial score (nSPS) is 12.2. The number of pyridine rings is 1. The fourth-order valence-corrected chi connectivity index (χ4v) is 2.66. The number of hydrogen-bond donors (Lipinski definition) is 2. The monoisotopic (exact) mass is 340 g/mol. The van der Waals surface area contributed by atoms with Gasteiger partial charge in [0.25, 0.3) is 0 Å². The van der Waals surface area contributed by atoms with Gasteiger partial charge in [-0.25, -0.2) is 9.37 Å². The highest BCUT2D eigenvalue weighted by Crippen LogP contribution is 2.25. The highest BCUT2D eigenvalue weighted by molar-refractivity contribution is 6.31. The molecule has 1 aromatic heterocycles. The summed E-state index contributed by atoms with van der Waals surface area (Å²) in [5.74, 6) is -0.117. The molecule has 23 heavy (non-hydrogen) atoms. The average Bonchev–Trinajstić information content (AvgIpc) is 2.50. The molecule has 0 saturated heterocycles. The zero-order chi connectivity index (χ0) is 17.0. The number of hydrogen-bond acceptors (Lipinski definition) is 3. The summed E-state index contributed by atoms with van der Waals surface area (Å²) in [7, 11) is 3.75. The number of quaternary nitrogens is 1. The molecule has 2 rings (SSSR count). The summed E-state index contributed by atoms with van der Waals surface area (Å²) in [5.41, 5.74) is 0.319. The number of benzene rings is 1. The van der Waals surface area contributed by atoms with Crippen molar-refractivity contribution >= 4 is 23.1 Å². The zero-order valence-electron chi connectivity index (χ0n) is 12.8. The number of aromatic nitrogens is 1. The van der Waals surface area contributed by atoms with Crippen molar-refractivity contribution in [3.8, 4) is 0 Å². The molecule has 0 aliphatic carbocycles. The van der Waals surface area contributed by atoms with Gasteiger partial charge in [-0.2, -0.15) is 0 Å². The van der Waals surface area contributed by atoms with Crippen LogP contribution < -0.4 is 15.2 Å². The fourth-order valence-electron chi connectivity index (χ4n) is 2.36. The molecule has 1 aromatic carbocycles. The van der Waals surface area contributed by atoms with Crippen LogP contribution in [0.25, 0.3) is 0 Å². The van der Waals surface area contributed by atoms with Crippen LogP contribution >= 0.6 is 11.6 Å². The van der Waals surface area contributed by atoms with E-state index in [-0.39, 0.29) is 24.1 Å². The Hall–Kier alpha value is -2.25. The first kappa shape index (κ1) is 17.1. The minimum absolute atomic E-state index is 0.0698. The van der Waals surface area contributed by atoms with Crippen molar-refractivity contribution in [1.82, 2.24) is 0 Å². The van der Waals surface area contributed by atoms with Crippen molar-refractivity contribution in [3.05, 3.63) is 63.0 Å². The molecule has 0 aliphatic heterocycles. The maximum atomic E-state index is 14.2. The number of aromatic amines is 1. The van der Waals surface area contributed by atoms with E-state index < -0.39 is 10.7 Å². The number of halogens is 2. The Balaban J connectivity index is 2.27. The number of nitrogens with one attached hydrogen (secondary N) is 3. The standard InChI is InChI=1S/C15H16ClFN4O2/c1-20(2)13(14-10(16)5-3-6-11(14)17)9-19-15-12(21(22)23)7-4-8-18-15/h3-8,13H,9H2,1-2H3,(H,18,19)/p+2/t13-/m0/s1. The van der Waals surface area contributed by atoms with Gasteiger partial charge >= 0.3 is 11.5 Å². The highest BCUT2D eigenvalue weighted by atomic mass is 35.5. The molecule has 8 heteroatoms. The smallest absolute Gasteiger partial charge is 0.330 e. The molecule has 0 fully saturated rings. The van der Waals surface area contributed by atoms with E-state index in [0.717, 1.165) is 4.90 Å². The van der Waals surface area contributed by atoms with Crippen molar-refractivity contribution in [2.45, 2.75) is 6.04 Å². The minimum Gasteiger partial charge on any atom is -0.330 e. The molecular weight excluding hydrogens is 323 g/mol. The van der Waals surface area contributed by atoms with E-state index in [4.69, 9.17) is 11.6 Å². The molecule has 3 N–H and O–H groups in total. The quantitative estimate of drug-likeness (QED) is 0.618. The maximum absolute atomic E-state index is 14.2. The molecule has 0 bridgehead atoms. The van der Waals surface area contributed by atoms with E-state index >= 15 is 0 Å². The summed E-state index contributed by atoms with van der Waals surface area (Å²) in [6.45, 7) is 0.282. The summed E-state index contributed by atoms with van der Waals surface area (Å²) >= 11 is 6.13. The van der Waals surface area contributed by atoms with Crippen LogP contribution in [0.2, 0.25) is 5.02 Å². The Bertz CT molecular complexity index is 691. The van der Waals surface area contributed by atoms with Gasteiger partial charge in [-0.15, -0.1) is 0 Å². The molecule has 1 atom stereocenters. The van der Waals surface area contributed by atoms with E-state index in [1.54, 1.807) is 24.4 Å². The Kier molecular flexibility index (Phi) is 5.46. The summed E-state index contributed by atoms with van der Waals surface area (Å²) in [6.07, 6.45) is 1.59. The number of nitrogens with zero attached hydrogens (tertiary/aromatic N) is 1. The van der Waals surface area contributed by atoms with Crippen LogP contribution in [0.3, 0.4) is 0 Å². The van der Waals surface area contributed by atoms with E-state index in [1.807, 2.05) is 14.1 Å². The van der Waals surface area contributed by atoms with Crippen LogP contribution in [-0.2, 0) is 0 Å². The van der Waals surface area contributed by atoms with Gasteiger partial charge in [-0.05, 0) is 18.2 Å². The lowest BCUT2D eigenvalue weighted by Crippen LogP contribution is -3.06. The minimum atomic E-state index is -0.480. The third-order valence-electron chi connectivity index (χ3n) is 3.56. The predicted octanol–water partition coefficient (Wildman–Crippen LogP) is 1.50. The topological polar surface area (TPSA) is 73.8 Å². The Labute approximate surface area is 138 Å². The zero-order valence-corrected chi connectivity index (χ0v) is 13.5. The Morgan fingerprint density at radius 2 is 2.13 bits per heavy atom. The first-order valence-electron chi connectivity index (χ1n) is 7.04. The molecule has 122 valence electrons. The van der Waals surface area contributed by atoms with Crippen LogP contribution in [0.1, 0.15) is 11.6 Å². The molecule has 0 saturated carbocycles. The first-order chi connectivity index (χ1) is 10.9. The van der Waals surface area contributed by atoms with Crippen LogP contribution in [0.4, 0.5) is 15.9 Å². The lowest BCUT2D eigenvalue weighted by atomic mass is 10.0. The second-order valence-electron chi connectivity index (χ2n) is 5.33. The molecule has 0 aliphatic rings. The largest absolute Gasteiger partial charge is 0.357 e. The summed E-state index contributed by atoms with van der Waals surface area (Å²) in [6, 6.07) is 7.17. The Morgan fingerprint density at radius 3 is 2.74 bits per heavy atom. The predicted molar refractivity (Wildman–Crippen MR) is 85.1 cm³/mol. The first-order valence-corrected chi connectivity index (χ1v) is 7.42. The van der Waals surface area contributed by atoms with Crippen molar-refractivity contribution in [3.63, 3.8) is 0 Å². The van der Waals surface area contributed by atoms with Crippen LogP contribution in [0.5, 0.6) is 0 Å². The van der Waals surface area contributed by atoms with Gasteiger partial charge < -0.3 is 4.90 Å². The van der Waals surface area contributed by atoms with Gasteiger partial charge in [0.15, 0.2) is 6.04 Å². The van der Waals surface area contributed by atoms with Gasteiger partial charge in [-0.1, -0.05) is 17.7 Å². The number of likely N-dealkylation sites (N-methyl/N-ethyl adjacent to an activating group) is 1. The molecule has 2 aromatic rings.